The Morgan fingerprint density at radius 3 is 2.15 bits per heavy atom. The maximum atomic E-state index is 2.69. The van der Waals surface area contributed by atoms with E-state index in [1.807, 2.05) is 0 Å². The zero-order valence-electron chi connectivity index (χ0n) is 26.4. The second-order valence-corrected chi connectivity index (χ2v) is 19.4. The van der Waals surface area contributed by atoms with Crippen LogP contribution in [0.2, 0.25) is 0 Å². The van der Waals surface area contributed by atoms with Crippen LogP contribution in [0.4, 0.5) is 0 Å². The second kappa shape index (κ2) is 13.4. The smallest absolute Gasteiger partial charge is 1.00 e. The topological polar surface area (TPSA) is 0 Å². The van der Waals surface area contributed by atoms with Gasteiger partial charge in [-0.05, 0) is 0 Å². The second-order valence-electron chi connectivity index (χ2n) is 13.1. The molecule has 0 saturated carbocycles. The van der Waals surface area contributed by atoms with Crippen LogP contribution in [0.25, 0.3) is 11.1 Å². The summed E-state index contributed by atoms with van der Waals surface area (Å²) < 4.78 is 5.24. The molecule has 216 valence electrons. The molecule has 3 aromatic carbocycles. The Labute approximate surface area is 269 Å². The summed E-state index contributed by atoms with van der Waals surface area (Å²) in [6.07, 6.45) is 10.3. The van der Waals surface area contributed by atoms with Gasteiger partial charge in [0.2, 0.25) is 0 Å². The Morgan fingerprint density at radius 1 is 0.878 bits per heavy atom. The zero-order valence-corrected chi connectivity index (χ0v) is 30.4. The molecule has 0 bridgehead atoms. The van der Waals surface area contributed by atoms with E-state index in [2.05, 4.69) is 123 Å². The van der Waals surface area contributed by atoms with Crippen LogP contribution >= 0.6 is 0 Å². The van der Waals surface area contributed by atoms with Gasteiger partial charge in [0, 0.05) is 0 Å². The number of rotatable bonds is 6. The molecule has 3 heteroatoms. The molecule has 0 saturated heterocycles. The molecular formula is C38H46Cl2Zr. The van der Waals surface area contributed by atoms with Crippen molar-refractivity contribution in [3.8, 4) is 11.1 Å². The first kappa shape index (κ1) is 34.0. The third-order valence-corrected chi connectivity index (χ3v) is 17.4. The Hall–Kier alpha value is -1.53. The molecule has 0 fully saturated rings. The molecule has 0 N–H and O–H groups in total. The number of benzene rings is 3. The summed E-state index contributed by atoms with van der Waals surface area (Å²) in [5.41, 5.74) is 15.2. The van der Waals surface area contributed by atoms with Gasteiger partial charge >= 0.3 is 247 Å². The molecule has 0 aliphatic heterocycles. The predicted octanol–water partition coefficient (Wildman–Crippen LogP) is 3.66. The van der Waals surface area contributed by atoms with Crippen LogP contribution in [-0.2, 0) is 27.7 Å². The third-order valence-electron chi connectivity index (χ3n) is 9.28. The van der Waals surface area contributed by atoms with Crippen LogP contribution in [0.3, 0.4) is 0 Å². The summed E-state index contributed by atoms with van der Waals surface area (Å²) in [5, 5.41) is 0. The van der Waals surface area contributed by atoms with E-state index in [-0.39, 0.29) is 30.2 Å². The van der Waals surface area contributed by atoms with Crippen molar-refractivity contribution in [2.75, 3.05) is 0 Å². The molecule has 3 aromatic rings. The fourth-order valence-corrected chi connectivity index (χ4v) is 15.3. The van der Waals surface area contributed by atoms with Gasteiger partial charge in [-0.3, -0.25) is 0 Å². The van der Waals surface area contributed by atoms with Gasteiger partial charge in [-0.15, -0.1) is 0 Å². The summed E-state index contributed by atoms with van der Waals surface area (Å²) in [6.45, 7) is 21.3. The molecule has 2 aliphatic carbocycles. The normalized spacial score (nSPS) is 15.7. The Balaban J connectivity index is 0.00000231. The van der Waals surface area contributed by atoms with Gasteiger partial charge in [0.25, 0.3) is 0 Å². The molecule has 0 radical (unpaired) electrons. The summed E-state index contributed by atoms with van der Waals surface area (Å²) in [6, 6.07) is 18.8. The number of hydrogen-bond acceptors (Lipinski definition) is 0. The van der Waals surface area contributed by atoms with E-state index >= 15 is 0 Å². The first-order chi connectivity index (χ1) is 18.5. The summed E-state index contributed by atoms with van der Waals surface area (Å²) >= 11 is -2.55. The quantitative estimate of drug-likeness (QED) is 0.296. The number of allylic oxidation sites excluding steroid dienone is 4. The Kier molecular flexibility index (Phi) is 11.1. The molecule has 41 heavy (non-hydrogen) atoms. The van der Waals surface area contributed by atoms with Gasteiger partial charge in [-0.25, -0.2) is 0 Å². The van der Waals surface area contributed by atoms with Crippen molar-refractivity contribution in [1.29, 1.82) is 0 Å². The van der Waals surface area contributed by atoms with E-state index in [9.17, 15) is 0 Å². The Bertz CT molecular complexity index is 1530. The van der Waals surface area contributed by atoms with Crippen molar-refractivity contribution >= 4 is 6.48 Å². The zero-order chi connectivity index (χ0) is 28.1. The third kappa shape index (κ3) is 6.54. The first-order valence-corrected chi connectivity index (χ1v) is 18.6. The average Bonchev–Trinajstić information content (AvgIpc) is 3.47. The van der Waals surface area contributed by atoms with E-state index < -0.39 is 21.3 Å². The molecular weight excluding hydrogens is 619 g/mol. The predicted molar refractivity (Wildman–Crippen MR) is 168 cm³/mol. The van der Waals surface area contributed by atoms with Crippen LogP contribution in [0.5, 0.6) is 0 Å². The van der Waals surface area contributed by atoms with Gasteiger partial charge in [0.1, 0.15) is 0 Å². The minimum Gasteiger partial charge on any atom is -1.00 e. The van der Waals surface area contributed by atoms with Crippen LogP contribution in [0.15, 0.2) is 69.5 Å². The largest absolute Gasteiger partial charge is 1.00 e. The van der Waals surface area contributed by atoms with Crippen molar-refractivity contribution in [2.24, 2.45) is 11.3 Å². The number of aryl methyl sites for hydroxylation is 3. The van der Waals surface area contributed by atoms with Gasteiger partial charge in [0.15, 0.2) is 0 Å². The summed E-state index contributed by atoms with van der Waals surface area (Å²) in [7, 11) is 0. The number of halogens is 2. The minimum absolute atomic E-state index is 0. The van der Waals surface area contributed by atoms with E-state index in [1.54, 1.807) is 26.5 Å². The fraction of sp³-hybridized carbons (Fsp3) is 0.395. The van der Waals surface area contributed by atoms with Crippen LogP contribution in [0.1, 0.15) is 92.8 Å². The van der Waals surface area contributed by atoms with E-state index in [1.165, 1.54) is 58.2 Å². The molecule has 0 aromatic heterocycles. The van der Waals surface area contributed by atoms with Crippen molar-refractivity contribution in [1.82, 2.24) is 0 Å². The Morgan fingerprint density at radius 2 is 1.51 bits per heavy atom. The number of unbranched alkanes of at least 4 members (excludes halogenated alkanes) is 1. The van der Waals surface area contributed by atoms with Crippen molar-refractivity contribution in [3.63, 3.8) is 0 Å². The first-order valence-electron chi connectivity index (χ1n) is 15.0. The van der Waals surface area contributed by atoms with E-state index in [0.717, 1.165) is 6.42 Å². The molecule has 0 amide bonds. The molecule has 1 unspecified atom stereocenters. The molecule has 0 heterocycles. The minimum atomic E-state index is -2.55. The van der Waals surface area contributed by atoms with Gasteiger partial charge in [-0.2, -0.15) is 0 Å². The van der Waals surface area contributed by atoms with Crippen LogP contribution in [-0.4, -0.2) is 3.21 Å². The fourth-order valence-electron chi connectivity index (χ4n) is 6.59. The van der Waals surface area contributed by atoms with Gasteiger partial charge in [-0.1, -0.05) is 0 Å². The molecule has 2 aliphatic rings. The standard InChI is InChI=1S/C17H17.C13H21.C8H8.2ClH.Zr/c1-10-5-14-9-15-6-11(2)13(4)8-17(15)16(14)7-12(10)3;1-5-6-7-11-8-9-12(10-11)13(2,3)4;1-2-8-6-4-3-5-7-8;;;/h5,7-8H,9H2,1-4H3;9-11H,5-7H2,1-4H3;3-7H,1H3;2*1H;/q;;;;;+2/p-2. The van der Waals surface area contributed by atoms with Crippen molar-refractivity contribution < 1.29 is 46.1 Å². The van der Waals surface area contributed by atoms with Gasteiger partial charge < -0.3 is 24.8 Å². The molecule has 0 spiro atoms. The average molecular weight is 665 g/mol. The van der Waals surface area contributed by atoms with E-state index in [4.69, 9.17) is 0 Å². The van der Waals surface area contributed by atoms with Crippen molar-refractivity contribution in [3.05, 3.63) is 108 Å². The maximum Gasteiger partial charge on any atom is -1.00 e. The van der Waals surface area contributed by atoms with Crippen LogP contribution < -0.4 is 28.1 Å². The van der Waals surface area contributed by atoms with Crippen LogP contribution in [0, 0.1) is 39.0 Å². The molecule has 1 atom stereocenters. The summed E-state index contributed by atoms with van der Waals surface area (Å²) in [4.78, 5) is 0. The number of hydrogen-bond donors (Lipinski definition) is 0. The molecule has 5 rings (SSSR count). The molecule has 0 nitrogen and oxygen atoms in total. The van der Waals surface area contributed by atoms with Gasteiger partial charge in [0.05, 0.1) is 0 Å². The number of fused-ring (bicyclic) bond motifs is 3. The maximum absolute atomic E-state index is 2.69. The summed E-state index contributed by atoms with van der Waals surface area (Å²) in [5.74, 6) is 0.580. The van der Waals surface area contributed by atoms with E-state index in [0.29, 0.717) is 5.92 Å². The van der Waals surface area contributed by atoms with Crippen molar-refractivity contribution in [2.45, 2.75) is 88.0 Å². The SMILES string of the molecule is CCCCC1C=C(C(C)(C)C)C=[C]1/[Zr+2](=[C](\C)c1ccccc1)[c]1c(C)c(C)cc2c1Cc1cc(C)c(C)cc1-2.[Cl-].[Cl-]. The monoisotopic (exact) mass is 662 g/mol.